The molecule has 4 heteroatoms. The summed E-state index contributed by atoms with van der Waals surface area (Å²) in [6.45, 7) is 2.01. The molecule has 2 aliphatic heterocycles. The smallest absolute Gasteiger partial charge is 0.224 e. The van der Waals surface area contributed by atoms with Crippen LogP contribution in [0.4, 0.5) is 5.69 Å². The van der Waals surface area contributed by atoms with Gasteiger partial charge in [0.05, 0.1) is 6.10 Å². The third-order valence-corrected chi connectivity index (χ3v) is 5.04. The Morgan fingerprint density at radius 2 is 2.09 bits per heavy atom. The van der Waals surface area contributed by atoms with Crippen molar-refractivity contribution in [3.05, 3.63) is 29.8 Å². The van der Waals surface area contributed by atoms with Crippen molar-refractivity contribution >= 4 is 11.6 Å². The number of benzene rings is 1. The van der Waals surface area contributed by atoms with E-state index < -0.39 is 0 Å². The average molecular weight is 302 g/mol. The van der Waals surface area contributed by atoms with Crippen molar-refractivity contribution in [1.29, 1.82) is 0 Å². The van der Waals surface area contributed by atoms with E-state index in [9.17, 15) is 4.79 Å². The maximum Gasteiger partial charge on any atom is 0.224 e. The minimum Gasteiger partial charge on any atom is -0.377 e. The fourth-order valence-electron chi connectivity index (χ4n) is 3.82. The van der Waals surface area contributed by atoms with Crippen molar-refractivity contribution < 1.29 is 9.53 Å². The van der Waals surface area contributed by atoms with E-state index in [2.05, 4.69) is 10.6 Å². The number of nitrogens with one attached hydrogen (secondary N) is 2. The lowest BCUT2D eigenvalue weighted by molar-refractivity contribution is -0.117. The fourth-order valence-corrected chi connectivity index (χ4v) is 3.82. The number of anilines is 1. The van der Waals surface area contributed by atoms with Crippen LogP contribution in [0.5, 0.6) is 0 Å². The summed E-state index contributed by atoms with van der Waals surface area (Å²) in [6.07, 6.45) is 5.52. The molecular formula is C18H26N2O2. The molecule has 3 unspecified atom stereocenters. The van der Waals surface area contributed by atoms with Crippen molar-refractivity contribution in [3.8, 4) is 0 Å². The Morgan fingerprint density at radius 3 is 2.77 bits per heavy atom. The van der Waals surface area contributed by atoms with Gasteiger partial charge in [-0.05, 0) is 56.2 Å². The van der Waals surface area contributed by atoms with Crippen molar-refractivity contribution in [1.82, 2.24) is 5.32 Å². The lowest BCUT2D eigenvalue weighted by Gasteiger charge is -2.28. The molecule has 1 amide bonds. The summed E-state index contributed by atoms with van der Waals surface area (Å²) >= 11 is 0. The Bertz CT molecular complexity index is 520. The first-order chi connectivity index (χ1) is 10.6. The standard InChI is InChI=1S/C18H26N2O2/c1-12(22-2)14-4-3-5-15(11-14)20-18(21)10-13-8-16-6-7-17(9-13)19-16/h3-5,11-13,16-17,19H,6-10H2,1-2H3,(H,20,21). The maximum absolute atomic E-state index is 12.3. The molecule has 120 valence electrons. The summed E-state index contributed by atoms with van der Waals surface area (Å²) in [5, 5.41) is 6.67. The van der Waals surface area contributed by atoms with Crippen LogP contribution in [0.25, 0.3) is 0 Å². The number of ether oxygens (including phenoxy) is 1. The van der Waals surface area contributed by atoms with Gasteiger partial charge < -0.3 is 15.4 Å². The molecule has 1 aromatic rings. The average Bonchev–Trinajstić information content (AvgIpc) is 2.85. The quantitative estimate of drug-likeness (QED) is 0.878. The van der Waals surface area contributed by atoms with Crippen LogP contribution in [0.15, 0.2) is 24.3 Å². The lowest BCUT2D eigenvalue weighted by Crippen LogP contribution is -2.39. The minimum absolute atomic E-state index is 0.0388. The molecule has 2 fully saturated rings. The SMILES string of the molecule is COC(C)c1cccc(NC(=O)CC2CC3CCC(C2)N3)c1. The van der Waals surface area contributed by atoms with E-state index in [0.717, 1.165) is 24.1 Å². The molecule has 0 aromatic heterocycles. The number of carbonyl (C=O) groups is 1. The number of amides is 1. The lowest BCUT2D eigenvalue weighted by atomic mass is 9.89. The van der Waals surface area contributed by atoms with Crippen LogP contribution in [0.3, 0.4) is 0 Å². The monoisotopic (exact) mass is 302 g/mol. The van der Waals surface area contributed by atoms with E-state index in [1.54, 1.807) is 7.11 Å². The molecule has 0 saturated carbocycles. The van der Waals surface area contributed by atoms with E-state index in [0.29, 0.717) is 24.4 Å². The predicted molar refractivity (Wildman–Crippen MR) is 87.8 cm³/mol. The summed E-state index contributed by atoms with van der Waals surface area (Å²) in [6, 6.07) is 9.21. The van der Waals surface area contributed by atoms with Crippen LogP contribution >= 0.6 is 0 Å². The van der Waals surface area contributed by atoms with E-state index >= 15 is 0 Å². The second-order valence-corrected chi connectivity index (χ2v) is 6.73. The van der Waals surface area contributed by atoms with Crippen molar-refractivity contribution in [2.75, 3.05) is 12.4 Å². The van der Waals surface area contributed by atoms with Crippen LogP contribution in [0, 0.1) is 5.92 Å². The maximum atomic E-state index is 12.3. The molecule has 1 aromatic carbocycles. The van der Waals surface area contributed by atoms with Crippen molar-refractivity contribution in [3.63, 3.8) is 0 Å². The summed E-state index contributed by atoms with van der Waals surface area (Å²) in [5.74, 6) is 0.661. The first kappa shape index (κ1) is 15.5. The van der Waals surface area contributed by atoms with Gasteiger partial charge in [0.2, 0.25) is 5.91 Å². The number of methoxy groups -OCH3 is 1. The summed E-state index contributed by atoms with van der Waals surface area (Å²) in [4.78, 5) is 12.3. The molecule has 2 N–H and O–H groups in total. The Morgan fingerprint density at radius 1 is 1.36 bits per heavy atom. The zero-order valence-corrected chi connectivity index (χ0v) is 13.5. The normalized spacial score (nSPS) is 28.4. The van der Waals surface area contributed by atoms with E-state index in [-0.39, 0.29) is 12.0 Å². The highest BCUT2D eigenvalue weighted by atomic mass is 16.5. The summed E-state index contributed by atoms with van der Waals surface area (Å²) < 4.78 is 5.33. The highest BCUT2D eigenvalue weighted by Crippen LogP contribution is 2.32. The zero-order valence-electron chi connectivity index (χ0n) is 13.5. The zero-order chi connectivity index (χ0) is 15.5. The van der Waals surface area contributed by atoms with E-state index in [1.807, 2.05) is 31.2 Å². The molecule has 22 heavy (non-hydrogen) atoms. The number of hydrogen-bond acceptors (Lipinski definition) is 3. The Balaban J connectivity index is 1.55. The third-order valence-electron chi connectivity index (χ3n) is 5.04. The second kappa shape index (κ2) is 6.80. The van der Waals surface area contributed by atoms with Crippen LogP contribution in [-0.2, 0) is 9.53 Å². The van der Waals surface area contributed by atoms with Gasteiger partial charge in [0.25, 0.3) is 0 Å². The second-order valence-electron chi connectivity index (χ2n) is 6.73. The number of hydrogen-bond donors (Lipinski definition) is 2. The largest absolute Gasteiger partial charge is 0.377 e. The van der Waals surface area contributed by atoms with E-state index in [1.165, 1.54) is 12.8 Å². The van der Waals surface area contributed by atoms with Gasteiger partial charge in [0.1, 0.15) is 0 Å². The van der Waals surface area contributed by atoms with Crippen LogP contribution in [0.1, 0.15) is 50.7 Å². The van der Waals surface area contributed by atoms with Crippen LogP contribution in [0.2, 0.25) is 0 Å². The Hall–Kier alpha value is -1.39. The molecule has 3 rings (SSSR count). The number of piperidine rings is 1. The van der Waals surface area contributed by atoms with Crippen molar-refractivity contribution in [2.24, 2.45) is 5.92 Å². The molecule has 2 aliphatic rings. The van der Waals surface area contributed by atoms with E-state index in [4.69, 9.17) is 4.74 Å². The molecule has 2 heterocycles. The van der Waals surface area contributed by atoms with Crippen molar-refractivity contribution in [2.45, 2.75) is 57.2 Å². The molecule has 2 saturated heterocycles. The van der Waals surface area contributed by atoms with Gasteiger partial charge >= 0.3 is 0 Å². The number of carbonyl (C=O) groups excluding carboxylic acids is 1. The number of fused-ring (bicyclic) bond motifs is 2. The molecule has 3 atom stereocenters. The minimum atomic E-state index is 0.0388. The highest BCUT2D eigenvalue weighted by molar-refractivity contribution is 5.90. The third kappa shape index (κ3) is 3.68. The predicted octanol–water partition coefficient (Wildman–Crippen LogP) is 3.25. The topological polar surface area (TPSA) is 50.4 Å². The Labute approximate surface area is 132 Å². The molecular weight excluding hydrogens is 276 g/mol. The fraction of sp³-hybridized carbons (Fsp3) is 0.611. The molecule has 0 spiro atoms. The van der Waals surface area contributed by atoms with Gasteiger partial charge in [-0.15, -0.1) is 0 Å². The molecule has 4 nitrogen and oxygen atoms in total. The van der Waals surface area contributed by atoms with Gasteiger partial charge in [0.15, 0.2) is 0 Å². The Kier molecular flexibility index (Phi) is 4.79. The first-order valence-electron chi connectivity index (χ1n) is 8.32. The molecule has 0 aliphatic carbocycles. The summed E-state index contributed by atoms with van der Waals surface area (Å²) in [5.41, 5.74) is 1.95. The van der Waals surface area contributed by atoms with Gasteiger partial charge in [-0.25, -0.2) is 0 Å². The first-order valence-corrected chi connectivity index (χ1v) is 8.32. The highest BCUT2D eigenvalue weighted by Gasteiger charge is 2.34. The van der Waals surface area contributed by atoms with Gasteiger partial charge in [-0.3, -0.25) is 4.79 Å². The van der Waals surface area contributed by atoms with Crippen LogP contribution < -0.4 is 10.6 Å². The summed E-state index contributed by atoms with van der Waals surface area (Å²) in [7, 11) is 1.70. The van der Waals surface area contributed by atoms with Gasteiger partial charge in [-0.2, -0.15) is 0 Å². The van der Waals surface area contributed by atoms with Crippen LogP contribution in [-0.4, -0.2) is 25.1 Å². The molecule has 0 radical (unpaired) electrons. The number of rotatable bonds is 5. The van der Waals surface area contributed by atoms with Gasteiger partial charge in [-0.1, -0.05) is 12.1 Å². The molecule has 2 bridgehead atoms. The van der Waals surface area contributed by atoms with Gasteiger partial charge in [0, 0.05) is 31.3 Å².